The van der Waals surface area contributed by atoms with Gasteiger partial charge in [-0.05, 0) is 61.4 Å². The number of nitrogens with zero attached hydrogens (tertiary/aromatic N) is 3. The number of nitriles is 1. The number of hydrogen-bond donors (Lipinski definition) is 0. The molecule has 0 atom stereocenters. The van der Waals surface area contributed by atoms with E-state index in [4.69, 9.17) is 11.3 Å². The predicted octanol–water partition coefficient (Wildman–Crippen LogP) is 6.25. The van der Waals surface area contributed by atoms with Gasteiger partial charge in [0.1, 0.15) is 11.4 Å². The van der Waals surface area contributed by atoms with E-state index >= 15 is 0 Å². The maximum atomic E-state index is 9.18. The van der Waals surface area contributed by atoms with Gasteiger partial charge in [0.05, 0.1) is 12.6 Å². The average molecular weight is 381 g/mol. The molecular weight excluding hydrogens is 358 g/mol. The quantitative estimate of drug-likeness (QED) is 0.464. The monoisotopic (exact) mass is 381 g/mol. The molecule has 0 spiro atoms. The highest BCUT2D eigenvalue weighted by molar-refractivity contribution is 5.65. The molecule has 0 saturated heterocycles. The van der Waals surface area contributed by atoms with Crippen LogP contribution in [0.4, 0.5) is 11.4 Å². The summed E-state index contributed by atoms with van der Waals surface area (Å²) in [5.74, 6) is 0.651. The summed E-state index contributed by atoms with van der Waals surface area (Å²) >= 11 is 0. The Bertz CT molecular complexity index is 1030. The van der Waals surface area contributed by atoms with Crippen molar-refractivity contribution in [1.29, 1.82) is 5.26 Å². The first-order chi connectivity index (χ1) is 13.9. The van der Waals surface area contributed by atoms with Crippen LogP contribution in [-0.4, -0.2) is 12.6 Å². The first-order valence-electron chi connectivity index (χ1n) is 9.40. The van der Waals surface area contributed by atoms with Crippen molar-refractivity contribution in [3.63, 3.8) is 0 Å². The molecule has 4 heteroatoms. The molecular formula is C25H23N3O. The Kier molecular flexibility index (Phi) is 5.86. The van der Waals surface area contributed by atoms with Crippen LogP contribution < -0.4 is 4.90 Å². The third kappa shape index (κ3) is 4.94. The summed E-state index contributed by atoms with van der Waals surface area (Å²) in [5, 5.41) is 9.18. The lowest BCUT2D eigenvalue weighted by Gasteiger charge is -2.32. The van der Waals surface area contributed by atoms with Crippen LogP contribution in [0.3, 0.4) is 0 Å². The molecule has 144 valence electrons. The van der Waals surface area contributed by atoms with E-state index in [1.807, 2.05) is 57.3 Å². The standard InChI is InChI=1S/C25H23N3O/c1-25(2)17-20(24(18-26)27-3)16-23(29-25)15-12-19-10-13-22(14-11-19)28(4)21-8-6-5-7-9-21/h5-16H,17H2,1-2,4H3. The molecule has 2 aromatic carbocycles. The van der Waals surface area contributed by atoms with Crippen molar-refractivity contribution in [2.45, 2.75) is 25.9 Å². The Morgan fingerprint density at radius 3 is 2.38 bits per heavy atom. The third-order valence-electron chi connectivity index (χ3n) is 4.71. The van der Waals surface area contributed by atoms with E-state index in [0.29, 0.717) is 12.2 Å². The minimum atomic E-state index is -0.460. The summed E-state index contributed by atoms with van der Waals surface area (Å²) < 4.78 is 6.00. The Labute approximate surface area is 172 Å². The van der Waals surface area contributed by atoms with Crippen LogP contribution in [0.2, 0.25) is 0 Å². The van der Waals surface area contributed by atoms with E-state index in [2.05, 4.69) is 46.1 Å². The molecule has 0 fully saturated rings. The van der Waals surface area contributed by atoms with Crippen LogP contribution in [0, 0.1) is 17.9 Å². The van der Waals surface area contributed by atoms with E-state index in [0.717, 1.165) is 22.5 Å². The number of para-hydroxylation sites is 1. The number of benzene rings is 2. The molecule has 1 aliphatic rings. The van der Waals surface area contributed by atoms with Crippen LogP contribution in [0.15, 0.2) is 83.8 Å². The van der Waals surface area contributed by atoms with Crippen molar-refractivity contribution in [1.82, 2.24) is 0 Å². The van der Waals surface area contributed by atoms with Gasteiger partial charge >= 0.3 is 0 Å². The van der Waals surface area contributed by atoms with Gasteiger partial charge < -0.3 is 9.64 Å². The lowest BCUT2D eigenvalue weighted by atomic mass is 9.93. The molecule has 0 saturated carbocycles. The SMILES string of the molecule is [C-]#[N+]C(C#N)=C1C=C(C=Cc2ccc(N(C)c3ccccc3)cc2)OC(C)(C)C1. The van der Waals surface area contributed by atoms with E-state index < -0.39 is 5.60 Å². The van der Waals surface area contributed by atoms with Crippen molar-refractivity contribution in [2.24, 2.45) is 0 Å². The van der Waals surface area contributed by atoms with E-state index in [9.17, 15) is 5.26 Å². The Balaban J connectivity index is 1.80. The van der Waals surface area contributed by atoms with Crippen LogP contribution in [0.1, 0.15) is 25.8 Å². The summed E-state index contributed by atoms with van der Waals surface area (Å²) in [6.45, 7) is 11.1. The third-order valence-corrected chi connectivity index (χ3v) is 4.71. The summed E-state index contributed by atoms with van der Waals surface area (Å²) in [6.07, 6.45) is 6.18. The molecule has 0 aromatic heterocycles. The van der Waals surface area contributed by atoms with Gasteiger partial charge in [0.2, 0.25) is 0 Å². The average Bonchev–Trinajstić information content (AvgIpc) is 2.72. The van der Waals surface area contributed by atoms with Gasteiger partial charge in [0.15, 0.2) is 0 Å². The topological polar surface area (TPSA) is 40.6 Å². The van der Waals surface area contributed by atoms with Crippen molar-refractivity contribution in [3.8, 4) is 6.07 Å². The van der Waals surface area contributed by atoms with Crippen molar-refractivity contribution in [2.75, 3.05) is 11.9 Å². The number of allylic oxidation sites excluding steroid dienone is 3. The van der Waals surface area contributed by atoms with Gasteiger partial charge in [-0.1, -0.05) is 36.4 Å². The Hall–Kier alpha value is -3.76. The fourth-order valence-corrected chi connectivity index (χ4v) is 3.26. The normalized spacial score (nSPS) is 16.9. The number of ether oxygens (including phenoxy) is 1. The Morgan fingerprint density at radius 2 is 1.76 bits per heavy atom. The zero-order valence-corrected chi connectivity index (χ0v) is 16.9. The molecule has 4 nitrogen and oxygen atoms in total. The molecule has 2 aromatic rings. The second-order valence-electron chi connectivity index (χ2n) is 7.50. The molecule has 0 amide bonds. The molecule has 0 N–H and O–H groups in total. The van der Waals surface area contributed by atoms with Gasteiger partial charge in [-0.2, -0.15) is 0 Å². The van der Waals surface area contributed by atoms with E-state index in [1.165, 1.54) is 0 Å². The van der Waals surface area contributed by atoms with Crippen molar-refractivity contribution < 1.29 is 4.74 Å². The van der Waals surface area contributed by atoms with Gasteiger partial charge in [0.25, 0.3) is 5.70 Å². The minimum Gasteiger partial charge on any atom is -0.488 e. The lowest BCUT2D eigenvalue weighted by Crippen LogP contribution is -2.27. The smallest absolute Gasteiger partial charge is 0.265 e. The van der Waals surface area contributed by atoms with Crippen LogP contribution in [0.25, 0.3) is 10.9 Å². The fourth-order valence-electron chi connectivity index (χ4n) is 3.26. The molecule has 0 unspecified atom stereocenters. The number of anilines is 2. The summed E-state index contributed by atoms with van der Waals surface area (Å²) in [6, 6.07) is 20.4. The van der Waals surface area contributed by atoms with Gasteiger partial charge in [-0.15, -0.1) is 0 Å². The summed E-state index contributed by atoms with van der Waals surface area (Å²) in [7, 11) is 2.04. The number of hydrogen-bond acceptors (Lipinski definition) is 3. The maximum absolute atomic E-state index is 9.18. The molecule has 29 heavy (non-hydrogen) atoms. The lowest BCUT2D eigenvalue weighted by molar-refractivity contribution is 0.0356. The first kappa shape index (κ1) is 20.0. The maximum Gasteiger partial charge on any atom is 0.265 e. The highest BCUT2D eigenvalue weighted by Gasteiger charge is 2.27. The van der Waals surface area contributed by atoms with Crippen LogP contribution >= 0.6 is 0 Å². The highest BCUT2D eigenvalue weighted by atomic mass is 16.5. The second kappa shape index (κ2) is 8.50. The molecule has 1 heterocycles. The molecule has 0 aliphatic carbocycles. The predicted molar refractivity (Wildman–Crippen MR) is 117 cm³/mol. The minimum absolute atomic E-state index is 0.126. The number of rotatable bonds is 4. The van der Waals surface area contributed by atoms with E-state index in [1.54, 1.807) is 6.08 Å². The van der Waals surface area contributed by atoms with Gasteiger partial charge in [-0.25, -0.2) is 10.1 Å². The summed E-state index contributed by atoms with van der Waals surface area (Å²) in [4.78, 5) is 5.47. The first-order valence-corrected chi connectivity index (χ1v) is 9.40. The molecule has 0 bridgehead atoms. The summed E-state index contributed by atoms with van der Waals surface area (Å²) in [5.41, 5.74) is 3.66. The molecule has 1 aliphatic heterocycles. The zero-order valence-electron chi connectivity index (χ0n) is 16.9. The molecule has 0 radical (unpaired) electrons. The van der Waals surface area contributed by atoms with Crippen molar-refractivity contribution >= 4 is 17.5 Å². The highest BCUT2D eigenvalue weighted by Crippen LogP contribution is 2.33. The van der Waals surface area contributed by atoms with Crippen LogP contribution in [0.5, 0.6) is 0 Å². The van der Waals surface area contributed by atoms with Crippen LogP contribution in [-0.2, 0) is 4.74 Å². The second-order valence-corrected chi connectivity index (χ2v) is 7.50. The van der Waals surface area contributed by atoms with Gasteiger partial charge in [-0.3, -0.25) is 0 Å². The van der Waals surface area contributed by atoms with E-state index in [-0.39, 0.29) is 5.70 Å². The van der Waals surface area contributed by atoms with Gasteiger partial charge in [0, 0.05) is 24.8 Å². The van der Waals surface area contributed by atoms with Crippen molar-refractivity contribution in [3.05, 3.63) is 101 Å². The zero-order chi connectivity index (χ0) is 20.9. The molecule has 3 rings (SSSR count). The largest absolute Gasteiger partial charge is 0.488 e. The Morgan fingerprint density at radius 1 is 1.10 bits per heavy atom. The fraction of sp³-hybridized carbons (Fsp3) is 0.200.